The Bertz CT molecular complexity index is 339. The van der Waals surface area contributed by atoms with Gasteiger partial charge in [0, 0.05) is 4.88 Å². The third-order valence-electron chi connectivity index (χ3n) is 2.61. The Kier molecular flexibility index (Phi) is 3.11. The lowest BCUT2D eigenvalue weighted by molar-refractivity contribution is -0.159. The first-order valence-corrected chi connectivity index (χ1v) is 6.04. The van der Waals surface area contributed by atoms with E-state index in [9.17, 15) is 0 Å². The summed E-state index contributed by atoms with van der Waals surface area (Å²) >= 11 is 1.72. The predicted octanol–water partition coefficient (Wildman–Crippen LogP) is 1.99. The quantitative estimate of drug-likeness (QED) is 0.859. The zero-order valence-electron chi connectivity index (χ0n) is 9.16. The average molecular weight is 227 g/mol. The molecule has 2 N–H and O–H groups in total. The maximum absolute atomic E-state index is 5.90. The average Bonchev–Trinajstić information content (AvgIpc) is 2.75. The third-order valence-corrected chi connectivity index (χ3v) is 3.80. The third kappa shape index (κ3) is 2.23. The van der Waals surface area contributed by atoms with E-state index in [1.807, 2.05) is 6.92 Å². The Morgan fingerprint density at radius 2 is 2.40 bits per heavy atom. The highest BCUT2D eigenvalue weighted by molar-refractivity contribution is 7.12. The summed E-state index contributed by atoms with van der Waals surface area (Å²) in [5.41, 5.74) is 5.51. The Labute approximate surface area is 94.2 Å². The van der Waals surface area contributed by atoms with Gasteiger partial charge >= 0.3 is 0 Å². The summed E-state index contributed by atoms with van der Waals surface area (Å²) in [5.74, 6) is -0.557. The molecule has 84 valence electrons. The molecule has 0 aromatic carbocycles. The molecule has 0 amide bonds. The van der Waals surface area contributed by atoms with Crippen LogP contribution in [0.5, 0.6) is 0 Å². The smallest absolute Gasteiger partial charge is 0.201 e. The molecule has 1 aromatic rings. The molecule has 15 heavy (non-hydrogen) atoms. The van der Waals surface area contributed by atoms with E-state index in [4.69, 9.17) is 15.2 Å². The van der Waals surface area contributed by atoms with E-state index in [0.29, 0.717) is 13.2 Å². The lowest BCUT2D eigenvalue weighted by Crippen LogP contribution is -2.23. The van der Waals surface area contributed by atoms with Crippen LogP contribution in [0.3, 0.4) is 0 Å². The van der Waals surface area contributed by atoms with Crippen molar-refractivity contribution in [3.05, 3.63) is 21.9 Å². The van der Waals surface area contributed by atoms with Crippen molar-refractivity contribution >= 4 is 11.3 Å². The van der Waals surface area contributed by atoms with Gasteiger partial charge in [0.05, 0.1) is 17.6 Å². The molecular weight excluding hydrogens is 210 g/mol. The van der Waals surface area contributed by atoms with Gasteiger partial charge in [0.2, 0.25) is 5.79 Å². The molecule has 0 radical (unpaired) electrons. The van der Waals surface area contributed by atoms with Crippen molar-refractivity contribution < 1.29 is 9.47 Å². The van der Waals surface area contributed by atoms with Crippen LogP contribution in [0.15, 0.2) is 12.1 Å². The standard InChI is InChI=1S/C11H17NO2S/c1-8-3-4-10(15-8)11(2)13-7-9(14-11)5-6-12/h3-4,9H,5-7,12H2,1-2H3. The lowest BCUT2D eigenvalue weighted by atomic mass is 10.2. The normalized spacial score (nSPS) is 31.0. The first-order valence-electron chi connectivity index (χ1n) is 5.23. The molecule has 1 aliphatic heterocycles. The van der Waals surface area contributed by atoms with Crippen LogP contribution in [0.1, 0.15) is 23.1 Å². The molecule has 0 saturated carbocycles. The van der Waals surface area contributed by atoms with Gasteiger partial charge in [0.25, 0.3) is 0 Å². The molecule has 0 bridgehead atoms. The summed E-state index contributed by atoms with van der Waals surface area (Å²) in [7, 11) is 0. The molecule has 4 heteroatoms. The van der Waals surface area contributed by atoms with Crippen LogP contribution in [0, 0.1) is 6.92 Å². The van der Waals surface area contributed by atoms with Crippen molar-refractivity contribution in [1.82, 2.24) is 0 Å². The first-order chi connectivity index (χ1) is 7.14. The van der Waals surface area contributed by atoms with Gasteiger partial charge in [0.1, 0.15) is 0 Å². The highest BCUT2D eigenvalue weighted by Crippen LogP contribution is 2.38. The van der Waals surface area contributed by atoms with E-state index < -0.39 is 5.79 Å². The topological polar surface area (TPSA) is 44.5 Å². The minimum atomic E-state index is -0.557. The van der Waals surface area contributed by atoms with E-state index in [2.05, 4.69) is 19.1 Å². The Morgan fingerprint density at radius 1 is 1.60 bits per heavy atom. The van der Waals surface area contributed by atoms with Crippen molar-refractivity contribution in [2.24, 2.45) is 5.73 Å². The SMILES string of the molecule is Cc1ccc(C2(C)OCC(CCN)O2)s1. The second-order valence-electron chi connectivity index (χ2n) is 3.98. The molecule has 2 unspecified atom stereocenters. The molecular formula is C11H17NO2S. The lowest BCUT2D eigenvalue weighted by Gasteiger charge is -2.21. The van der Waals surface area contributed by atoms with Crippen LogP contribution >= 0.6 is 11.3 Å². The summed E-state index contributed by atoms with van der Waals surface area (Å²) in [6, 6.07) is 4.17. The van der Waals surface area contributed by atoms with Gasteiger partial charge in [-0.15, -0.1) is 11.3 Å². The molecule has 1 aromatic heterocycles. The molecule has 1 fully saturated rings. The van der Waals surface area contributed by atoms with Gasteiger partial charge in [0.15, 0.2) is 0 Å². The van der Waals surface area contributed by atoms with E-state index >= 15 is 0 Å². The minimum absolute atomic E-state index is 0.141. The highest BCUT2D eigenvalue weighted by Gasteiger charge is 2.39. The Morgan fingerprint density at radius 3 is 3.00 bits per heavy atom. The van der Waals surface area contributed by atoms with Crippen molar-refractivity contribution in [2.75, 3.05) is 13.2 Å². The van der Waals surface area contributed by atoms with Crippen LogP contribution < -0.4 is 5.73 Å². The number of thiophene rings is 1. The molecule has 1 aliphatic rings. The number of rotatable bonds is 3. The van der Waals surface area contributed by atoms with E-state index in [1.54, 1.807) is 11.3 Å². The van der Waals surface area contributed by atoms with Crippen LogP contribution in [0.25, 0.3) is 0 Å². The number of ether oxygens (including phenoxy) is 2. The van der Waals surface area contributed by atoms with Crippen molar-refractivity contribution in [3.63, 3.8) is 0 Å². The fourth-order valence-corrected chi connectivity index (χ4v) is 2.69. The van der Waals surface area contributed by atoms with Gasteiger partial charge in [-0.05, 0) is 38.9 Å². The fourth-order valence-electron chi connectivity index (χ4n) is 1.77. The maximum atomic E-state index is 5.90. The summed E-state index contributed by atoms with van der Waals surface area (Å²) in [6.07, 6.45) is 1.00. The summed E-state index contributed by atoms with van der Waals surface area (Å²) in [4.78, 5) is 2.42. The second-order valence-corrected chi connectivity index (χ2v) is 5.27. The van der Waals surface area contributed by atoms with E-state index in [-0.39, 0.29) is 6.10 Å². The minimum Gasteiger partial charge on any atom is -0.343 e. The van der Waals surface area contributed by atoms with Crippen molar-refractivity contribution in [3.8, 4) is 0 Å². The van der Waals surface area contributed by atoms with Crippen LogP contribution in [0.2, 0.25) is 0 Å². The van der Waals surface area contributed by atoms with Crippen LogP contribution in [-0.4, -0.2) is 19.3 Å². The van der Waals surface area contributed by atoms with E-state index in [1.165, 1.54) is 4.88 Å². The van der Waals surface area contributed by atoms with Gasteiger partial charge in [-0.3, -0.25) is 0 Å². The summed E-state index contributed by atoms with van der Waals surface area (Å²) in [5, 5.41) is 0. The van der Waals surface area contributed by atoms with Gasteiger partial charge in [-0.2, -0.15) is 0 Å². The summed E-state index contributed by atoms with van der Waals surface area (Å²) in [6.45, 7) is 5.36. The van der Waals surface area contributed by atoms with Crippen LogP contribution in [0.4, 0.5) is 0 Å². The van der Waals surface area contributed by atoms with Gasteiger partial charge in [-0.1, -0.05) is 0 Å². The van der Waals surface area contributed by atoms with Crippen LogP contribution in [-0.2, 0) is 15.3 Å². The number of hydrogen-bond donors (Lipinski definition) is 1. The van der Waals surface area contributed by atoms with Crippen molar-refractivity contribution in [1.29, 1.82) is 0 Å². The predicted molar refractivity (Wildman–Crippen MR) is 60.9 cm³/mol. The maximum Gasteiger partial charge on any atom is 0.201 e. The molecule has 2 atom stereocenters. The summed E-state index contributed by atoms with van der Waals surface area (Å²) < 4.78 is 11.6. The Hall–Kier alpha value is -0.420. The number of aryl methyl sites for hydroxylation is 1. The number of nitrogens with two attached hydrogens (primary N) is 1. The zero-order valence-corrected chi connectivity index (χ0v) is 9.97. The molecule has 2 rings (SSSR count). The Balaban J connectivity index is 2.09. The number of hydrogen-bond acceptors (Lipinski definition) is 4. The largest absolute Gasteiger partial charge is 0.343 e. The fraction of sp³-hybridized carbons (Fsp3) is 0.636. The van der Waals surface area contributed by atoms with Crippen molar-refractivity contribution in [2.45, 2.75) is 32.2 Å². The zero-order chi connectivity index (χ0) is 10.9. The highest BCUT2D eigenvalue weighted by atomic mass is 32.1. The van der Waals surface area contributed by atoms with E-state index in [0.717, 1.165) is 11.3 Å². The molecule has 0 spiro atoms. The second kappa shape index (κ2) is 4.22. The molecule has 0 aliphatic carbocycles. The first kappa shape index (κ1) is 11.1. The van der Waals surface area contributed by atoms with Gasteiger partial charge in [-0.25, -0.2) is 0 Å². The monoisotopic (exact) mass is 227 g/mol. The molecule has 3 nitrogen and oxygen atoms in total. The van der Waals surface area contributed by atoms with Gasteiger partial charge < -0.3 is 15.2 Å². The molecule has 2 heterocycles. The molecule has 1 saturated heterocycles.